The summed E-state index contributed by atoms with van der Waals surface area (Å²) in [7, 11) is 0. The Kier molecular flexibility index (Phi) is 6.02. The fourth-order valence-electron chi connectivity index (χ4n) is 2.08. The van der Waals surface area contributed by atoms with Crippen molar-refractivity contribution < 1.29 is 4.74 Å². The molecule has 1 atom stereocenters. The number of nitrogens with two attached hydrogens (primary N) is 1. The highest BCUT2D eigenvalue weighted by atomic mass is 16.5. The van der Waals surface area contributed by atoms with Gasteiger partial charge in [0.2, 0.25) is 5.88 Å². The van der Waals surface area contributed by atoms with Gasteiger partial charge in [0.1, 0.15) is 5.82 Å². The summed E-state index contributed by atoms with van der Waals surface area (Å²) in [5.41, 5.74) is 5.71. The molecule has 1 aromatic rings. The molecule has 0 bridgehead atoms. The molecule has 1 heterocycles. The van der Waals surface area contributed by atoms with Crippen LogP contribution in [0, 0.1) is 5.92 Å². The molecule has 1 unspecified atom stereocenters. The topological polar surface area (TPSA) is 73.1 Å². The Labute approximate surface area is 116 Å². The fourth-order valence-corrected chi connectivity index (χ4v) is 2.08. The first-order chi connectivity index (χ1) is 8.99. The number of rotatable bonds is 8. The van der Waals surface area contributed by atoms with E-state index in [9.17, 15) is 0 Å². The van der Waals surface area contributed by atoms with Gasteiger partial charge in [-0.15, -0.1) is 0 Å². The van der Waals surface area contributed by atoms with E-state index in [-0.39, 0.29) is 5.54 Å². The second-order valence-electron chi connectivity index (χ2n) is 5.58. The maximum Gasteiger partial charge on any atom is 0.234 e. The molecule has 0 aliphatic heterocycles. The zero-order valence-corrected chi connectivity index (χ0v) is 12.4. The molecule has 5 nitrogen and oxygen atoms in total. The molecule has 0 fully saturated rings. The molecular weight excluding hydrogens is 240 g/mol. The monoisotopic (exact) mass is 266 g/mol. The highest BCUT2D eigenvalue weighted by Gasteiger charge is 2.24. The van der Waals surface area contributed by atoms with Crippen molar-refractivity contribution in [1.29, 1.82) is 0 Å². The number of nitrogens with one attached hydrogen (secondary N) is 1. The highest BCUT2D eigenvalue weighted by molar-refractivity contribution is 5.36. The lowest BCUT2D eigenvalue weighted by Gasteiger charge is -2.31. The van der Waals surface area contributed by atoms with Crippen molar-refractivity contribution in [2.45, 2.75) is 46.1 Å². The Morgan fingerprint density at radius 3 is 2.74 bits per heavy atom. The van der Waals surface area contributed by atoms with Crippen molar-refractivity contribution in [2.75, 3.05) is 18.5 Å². The minimum Gasteiger partial charge on any atom is -0.477 e. The van der Waals surface area contributed by atoms with Crippen LogP contribution in [0.15, 0.2) is 12.4 Å². The Bertz CT molecular complexity index is 383. The largest absolute Gasteiger partial charge is 0.477 e. The molecule has 0 amide bonds. The molecule has 0 aliphatic rings. The quantitative estimate of drug-likeness (QED) is 0.756. The van der Waals surface area contributed by atoms with Gasteiger partial charge >= 0.3 is 0 Å². The highest BCUT2D eigenvalue weighted by Crippen LogP contribution is 2.21. The molecule has 0 saturated carbocycles. The van der Waals surface area contributed by atoms with Gasteiger partial charge in [0.15, 0.2) is 0 Å². The first-order valence-electron chi connectivity index (χ1n) is 6.92. The van der Waals surface area contributed by atoms with Crippen LogP contribution in [0.2, 0.25) is 0 Å². The van der Waals surface area contributed by atoms with E-state index in [1.807, 2.05) is 0 Å². The van der Waals surface area contributed by atoms with Crippen molar-refractivity contribution >= 4 is 5.82 Å². The van der Waals surface area contributed by atoms with Gasteiger partial charge in [-0.3, -0.25) is 4.98 Å². The molecule has 0 saturated heterocycles. The number of ether oxygens (including phenoxy) is 1. The summed E-state index contributed by atoms with van der Waals surface area (Å²) >= 11 is 0. The Morgan fingerprint density at radius 1 is 1.42 bits per heavy atom. The first-order valence-corrected chi connectivity index (χ1v) is 6.92. The summed E-state index contributed by atoms with van der Waals surface area (Å²) in [6.07, 6.45) is 5.26. The van der Waals surface area contributed by atoms with Crippen LogP contribution in [0.5, 0.6) is 5.88 Å². The molecule has 1 aromatic heterocycles. The van der Waals surface area contributed by atoms with Crippen LogP contribution in [0.3, 0.4) is 0 Å². The second kappa shape index (κ2) is 7.28. The predicted molar refractivity (Wildman–Crippen MR) is 78.4 cm³/mol. The van der Waals surface area contributed by atoms with Gasteiger partial charge in [0.25, 0.3) is 0 Å². The van der Waals surface area contributed by atoms with Gasteiger partial charge in [-0.05, 0) is 25.7 Å². The summed E-state index contributed by atoms with van der Waals surface area (Å²) in [6, 6.07) is 0. The van der Waals surface area contributed by atoms with Crippen molar-refractivity contribution in [2.24, 2.45) is 11.7 Å². The Hall–Kier alpha value is -1.36. The van der Waals surface area contributed by atoms with Gasteiger partial charge in [0, 0.05) is 12.1 Å². The van der Waals surface area contributed by atoms with E-state index in [2.05, 4.69) is 43.0 Å². The molecule has 108 valence electrons. The van der Waals surface area contributed by atoms with Crippen molar-refractivity contribution in [3.8, 4) is 5.88 Å². The molecule has 0 radical (unpaired) electrons. The lowest BCUT2D eigenvalue weighted by molar-refractivity contribution is 0.304. The molecular formula is C14H26N4O. The minimum atomic E-state index is -0.174. The number of nitrogens with zero attached hydrogens (tertiary/aromatic N) is 2. The number of aromatic nitrogens is 2. The van der Waals surface area contributed by atoms with Crippen LogP contribution in [0.1, 0.15) is 40.5 Å². The van der Waals surface area contributed by atoms with Gasteiger partial charge in [-0.2, -0.15) is 4.98 Å². The standard InChI is InChI=1S/C14H26N4O/c1-5-6-19-13-9-16-8-12(17-13)18-14(4,10-15)7-11(2)3/h8-9,11H,5-7,10,15H2,1-4H3,(H,17,18). The lowest BCUT2D eigenvalue weighted by Crippen LogP contribution is -2.43. The zero-order valence-electron chi connectivity index (χ0n) is 12.4. The summed E-state index contributed by atoms with van der Waals surface area (Å²) in [6.45, 7) is 9.73. The third-order valence-electron chi connectivity index (χ3n) is 2.81. The van der Waals surface area contributed by atoms with E-state index in [0.717, 1.165) is 12.8 Å². The maximum atomic E-state index is 5.88. The Morgan fingerprint density at radius 2 is 2.16 bits per heavy atom. The molecule has 19 heavy (non-hydrogen) atoms. The van der Waals surface area contributed by atoms with Crippen LogP contribution in [-0.4, -0.2) is 28.7 Å². The third-order valence-corrected chi connectivity index (χ3v) is 2.81. The predicted octanol–water partition coefficient (Wildman–Crippen LogP) is 2.44. The summed E-state index contributed by atoms with van der Waals surface area (Å²) in [5, 5.41) is 3.37. The van der Waals surface area contributed by atoms with Crippen LogP contribution < -0.4 is 15.8 Å². The number of hydrogen-bond acceptors (Lipinski definition) is 5. The van der Waals surface area contributed by atoms with Crippen LogP contribution >= 0.6 is 0 Å². The second-order valence-corrected chi connectivity index (χ2v) is 5.58. The molecule has 0 aliphatic carbocycles. The van der Waals surface area contributed by atoms with E-state index in [4.69, 9.17) is 10.5 Å². The number of hydrogen-bond donors (Lipinski definition) is 2. The molecule has 1 rings (SSSR count). The van der Waals surface area contributed by atoms with E-state index in [1.54, 1.807) is 12.4 Å². The molecule has 0 spiro atoms. The molecule has 0 aromatic carbocycles. The van der Waals surface area contributed by atoms with Gasteiger partial charge in [-0.1, -0.05) is 20.8 Å². The third kappa shape index (κ3) is 5.42. The summed E-state index contributed by atoms with van der Waals surface area (Å²) in [4.78, 5) is 8.54. The minimum absolute atomic E-state index is 0.174. The molecule has 3 N–H and O–H groups in total. The van der Waals surface area contributed by atoms with Gasteiger partial charge in [0.05, 0.1) is 19.0 Å². The summed E-state index contributed by atoms with van der Waals surface area (Å²) < 4.78 is 5.48. The zero-order chi connectivity index (χ0) is 14.3. The van der Waals surface area contributed by atoms with E-state index < -0.39 is 0 Å². The first kappa shape index (κ1) is 15.7. The van der Waals surface area contributed by atoms with Crippen molar-refractivity contribution in [1.82, 2.24) is 9.97 Å². The average molecular weight is 266 g/mol. The van der Waals surface area contributed by atoms with Crippen LogP contribution in [-0.2, 0) is 0 Å². The smallest absolute Gasteiger partial charge is 0.234 e. The van der Waals surface area contributed by atoms with Gasteiger partial charge < -0.3 is 15.8 Å². The van der Waals surface area contributed by atoms with E-state index in [0.29, 0.717) is 30.8 Å². The molecule has 5 heteroatoms. The SMILES string of the molecule is CCCOc1cncc(NC(C)(CN)CC(C)C)n1. The summed E-state index contributed by atoms with van der Waals surface area (Å²) in [5.74, 6) is 1.83. The Balaban J connectivity index is 2.73. The van der Waals surface area contributed by atoms with E-state index >= 15 is 0 Å². The normalized spacial score (nSPS) is 14.2. The lowest BCUT2D eigenvalue weighted by atomic mass is 9.91. The fraction of sp³-hybridized carbons (Fsp3) is 0.714. The van der Waals surface area contributed by atoms with Crippen molar-refractivity contribution in [3.63, 3.8) is 0 Å². The van der Waals surface area contributed by atoms with Crippen molar-refractivity contribution in [3.05, 3.63) is 12.4 Å². The van der Waals surface area contributed by atoms with Gasteiger partial charge in [-0.25, -0.2) is 0 Å². The number of anilines is 1. The van der Waals surface area contributed by atoms with Crippen LogP contribution in [0.4, 0.5) is 5.82 Å². The maximum absolute atomic E-state index is 5.88. The average Bonchev–Trinajstić information content (AvgIpc) is 2.35. The van der Waals surface area contributed by atoms with E-state index in [1.165, 1.54) is 0 Å². The van der Waals surface area contributed by atoms with Crippen LogP contribution in [0.25, 0.3) is 0 Å².